The summed E-state index contributed by atoms with van der Waals surface area (Å²) in [6.45, 7) is 1.98. The van der Waals surface area contributed by atoms with Gasteiger partial charge in [-0.15, -0.1) is 0 Å². The molecule has 3 rings (SSSR count). The van der Waals surface area contributed by atoms with Crippen LogP contribution < -0.4 is 4.72 Å². The third-order valence-electron chi connectivity index (χ3n) is 3.39. The fourth-order valence-corrected chi connectivity index (χ4v) is 3.69. The van der Waals surface area contributed by atoms with Gasteiger partial charge in [-0.1, -0.05) is 42.5 Å². The van der Waals surface area contributed by atoms with Crippen LogP contribution in [0, 0.1) is 0 Å². The standard InChI is InChI=1S/C16H16N2O2S/c1-12(11-13-7-3-2-4-8-13)17-16-14-9-5-6-10-15(14)21(19,20)18-16/h2-10,12H,11H2,1H3,(H,17,18). The third-order valence-corrected chi connectivity index (χ3v) is 4.78. The van der Waals surface area contributed by atoms with Gasteiger partial charge in [-0.2, -0.15) is 0 Å². The molecule has 1 heterocycles. The van der Waals surface area contributed by atoms with Crippen molar-refractivity contribution in [2.75, 3.05) is 0 Å². The lowest BCUT2D eigenvalue weighted by atomic mass is 10.1. The number of sulfonamides is 1. The van der Waals surface area contributed by atoms with E-state index in [1.165, 1.54) is 5.56 Å². The fourth-order valence-electron chi connectivity index (χ4n) is 2.45. The van der Waals surface area contributed by atoms with E-state index in [1.54, 1.807) is 18.2 Å². The van der Waals surface area contributed by atoms with Crippen molar-refractivity contribution in [2.24, 2.45) is 4.99 Å². The zero-order chi connectivity index (χ0) is 14.9. The number of aliphatic imine (C=N–C) groups is 1. The first-order valence-corrected chi connectivity index (χ1v) is 8.28. The van der Waals surface area contributed by atoms with Crippen molar-refractivity contribution in [1.82, 2.24) is 4.72 Å². The molecule has 0 radical (unpaired) electrons. The van der Waals surface area contributed by atoms with Crippen molar-refractivity contribution >= 4 is 15.9 Å². The lowest BCUT2D eigenvalue weighted by Crippen LogP contribution is -2.24. The van der Waals surface area contributed by atoms with Crippen LogP contribution in [0.4, 0.5) is 0 Å². The van der Waals surface area contributed by atoms with E-state index >= 15 is 0 Å². The first kappa shape index (κ1) is 13.8. The van der Waals surface area contributed by atoms with Crippen molar-refractivity contribution < 1.29 is 8.42 Å². The second-order valence-corrected chi connectivity index (χ2v) is 6.77. The summed E-state index contributed by atoms with van der Waals surface area (Å²) in [6.07, 6.45) is 0.772. The number of nitrogens with zero attached hydrogens (tertiary/aromatic N) is 1. The van der Waals surface area contributed by atoms with Gasteiger partial charge in [0.2, 0.25) is 0 Å². The van der Waals surface area contributed by atoms with Gasteiger partial charge < -0.3 is 0 Å². The van der Waals surface area contributed by atoms with Crippen molar-refractivity contribution in [3.8, 4) is 0 Å². The lowest BCUT2D eigenvalue weighted by molar-refractivity contribution is 0.595. The molecule has 1 aliphatic rings. The molecular weight excluding hydrogens is 284 g/mol. The molecule has 21 heavy (non-hydrogen) atoms. The Kier molecular flexibility index (Phi) is 3.51. The minimum atomic E-state index is -3.45. The Bertz CT molecular complexity index is 783. The van der Waals surface area contributed by atoms with E-state index in [2.05, 4.69) is 9.71 Å². The first-order valence-electron chi connectivity index (χ1n) is 6.80. The number of amidine groups is 1. The van der Waals surface area contributed by atoms with Gasteiger partial charge in [-0.25, -0.2) is 8.42 Å². The molecule has 0 spiro atoms. The predicted molar refractivity (Wildman–Crippen MR) is 82.9 cm³/mol. The number of fused-ring (bicyclic) bond motifs is 1. The molecule has 0 aromatic heterocycles. The minimum absolute atomic E-state index is 0.00347. The quantitative estimate of drug-likeness (QED) is 0.946. The van der Waals surface area contributed by atoms with Gasteiger partial charge in [0, 0.05) is 5.56 Å². The summed E-state index contributed by atoms with van der Waals surface area (Å²) in [5.41, 5.74) is 1.83. The lowest BCUT2D eigenvalue weighted by Gasteiger charge is -2.08. The van der Waals surface area contributed by atoms with Gasteiger partial charge in [-0.05, 0) is 31.0 Å². The Morgan fingerprint density at radius 3 is 2.48 bits per heavy atom. The molecule has 0 fully saturated rings. The molecular formula is C16H16N2O2S. The number of benzene rings is 2. The normalized spacial score (nSPS) is 19.0. The van der Waals surface area contributed by atoms with Crippen LogP contribution in [0.25, 0.3) is 0 Å². The molecule has 0 saturated carbocycles. The zero-order valence-electron chi connectivity index (χ0n) is 11.7. The summed E-state index contributed by atoms with van der Waals surface area (Å²) >= 11 is 0. The largest absolute Gasteiger partial charge is 0.264 e. The van der Waals surface area contributed by atoms with Crippen LogP contribution in [0.1, 0.15) is 18.1 Å². The molecule has 0 saturated heterocycles. The topological polar surface area (TPSA) is 58.5 Å². The van der Waals surface area contributed by atoms with E-state index in [0.29, 0.717) is 16.3 Å². The maximum Gasteiger partial charge on any atom is 0.263 e. The molecule has 0 bridgehead atoms. The van der Waals surface area contributed by atoms with E-state index in [9.17, 15) is 8.42 Å². The van der Waals surface area contributed by atoms with Crippen LogP contribution in [0.2, 0.25) is 0 Å². The van der Waals surface area contributed by atoms with E-state index in [1.807, 2.05) is 43.3 Å². The number of rotatable bonds is 3. The Balaban J connectivity index is 1.88. The van der Waals surface area contributed by atoms with Gasteiger partial charge in [-0.3, -0.25) is 9.71 Å². The predicted octanol–water partition coefficient (Wildman–Crippen LogP) is 2.36. The summed E-state index contributed by atoms with van der Waals surface area (Å²) in [4.78, 5) is 4.84. The van der Waals surface area contributed by atoms with Crippen molar-refractivity contribution in [1.29, 1.82) is 0 Å². The molecule has 2 aromatic rings. The minimum Gasteiger partial charge on any atom is -0.264 e. The number of hydrogen-bond acceptors (Lipinski definition) is 3. The molecule has 1 aliphatic heterocycles. The Morgan fingerprint density at radius 2 is 1.71 bits per heavy atom. The van der Waals surface area contributed by atoms with E-state index < -0.39 is 10.0 Å². The van der Waals surface area contributed by atoms with Gasteiger partial charge in [0.15, 0.2) is 0 Å². The molecule has 5 heteroatoms. The Morgan fingerprint density at radius 1 is 1.05 bits per heavy atom. The highest BCUT2D eigenvalue weighted by Crippen LogP contribution is 2.22. The monoisotopic (exact) mass is 300 g/mol. The average molecular weight is 300 g/mol. The zero-order valence-corrected chi connectivity index (χ0v) is 12.5. The van der Waals surface area contributed by atoms with Crippen LogP contribution in [0.3, 0.4) is 0 Å². The van der Waals surface area contributed by atoms with Crippen molar-refractivity contribution in [3.05, 3.63) is 65.7 Å². The van der Waals surface area contributed by atoms with Gasteiger partial charge in [0.05, 0.1) is 10.9 Å². The van der Waals surface area contributed by atoms with Crippen LogP contribution >= 0.6 is 0 Å². The maximum absolute atomic E-state index is 12.0. The van der Waals surface area contributed by atoms with Crippen LogP contribution in [-0.4, -0.2) is 20.3 Å². The van der Waals surface area contributed by atoms with Crippen molar-refractivity contribution in [2.45, 2.75) is 24.3 Å². The summed E-state index contributed by atoms with van der Waals surface area (Å²) < 4.78 is 26.6. The molecule has 0 aliphatic carbocycles. The van der Waals surface area contributed by atoms with E-state index in [0.717, 1.165) is 6.42 Å². The van der Waals surface area contributed by atoms with Gasteiger partial charge in [0.25, 0.3) is 10.0 Å². The fraction of sp³-hybridized carbons (Fsp3) is 0.188. The summed E-state index contributed by atoms with van der Waals surface area (Å²) in [5, 5.41) is 0. The molecule has 2 aromatic carbocycles. The van der Waals surface area contributed by atoms with Crippen molar-refractivity contribution in [3.63, 3.8) is 0 Å². The van der Waals surface area contributed by atoms with Crippen LogP contribution in [0.5, 0.6) is 0 Å². The second kappa shape index (κ2) is 5.33. The third kappa shape index (κ3) is 2.83. The van der Waals surface area contributed by atoms with E-state index in [4.69, 9.17) is 0 Å². The summed E-state index contributed by atoms with van der Waals surface area (Å²) in [7, 11) is -3.45. The highest BCUT2D eigenvalue weighted by Gasteiger charge is 2.30. The SMILES string of the molecule is CC(Cc1ccccc1)N=C1NS(=O)(=O)c2ccccc21. The smallest absolute Gasteiger partial charge is 0.263 e. The van der Waals surface area contributed by atoms with Gasteiger partial charge in [0.1, 0.15) is 5.84 Å². The molecule has 1 N–H and O–H groups in total. The highest BCUT2D eigenvalue weighted by molar-refractivity contribution is 7.90. The van der Waals surface area contributed by atoms with Gasteiger partial charge >= 0.3 is 0 Å². The first-order chi connectivity index (χ1) is 10.1. The molecule has 0 amide bonds. The molecule has 1 atom stereocenters. The summed E-state index contributed by atoms with van der Waals surface area (Å²) in [5.74, 6) is 0.439. The molecule has 108 valence electrons. The average Bonchev–Trinajstić information content (AvgIpc) is 2.72. The summed E-state index contributed by atoms with van der Waals surface area (Å²) in [6, 6.07) is 17.0. The van der Waals surface area contributed by atoms with Crippen LogP contribution in [-0.2, 0) is 16.4 Å². The Labute approximate surface area is 124 Å². The number of nitrogens with one attached hydrogen (secondary N) is 1. The van der Waals surface area contributed by atoms with Crippen LogP contribution in [0.15, 0.2) is 64.5 Å². The highest BCUT2D eigenvalue weighted by atomic mass is 32.2. The Hall–Kier alpha value is -2.14. The van der Waals surface area contributed by atoms with E-state index in [-0.39, 0.29) is 6.04 Å². The maximum atomic E-state index is 12.0. The second-order valence-electron chi connectivity index (χ2n) is 5.12. The molecule has 1 unspecified atom stereocenters. The number of hydrogen-bond donors (Lipinski definition) is 1. The molecule has 4 nitrogen and oxygen atoms in total.